The average Bonchev–Trinajstić information content (AvgIpc) is 2.79. The Bertz CT molecular complexity index is 1080. The summed E-state index contributed by atoms with van der Waals surface area (Å²) < 4.78 is 19.1. The number of methoxy groups -OCH3 is 1. The molecular formula is C23H26FN5O2. The number of benzene rings is 2. The van der Waals surface area contributed by atoms with Gasteiger partial charge in [-0.05, 0) is 24.1 Å². The van der Waals surface area contributed by atoms with Crippen molar-refractivity contribution in [1.82, 2.24) is 14.9 Å². The van der Waals surface area contributed by atoms with Crippen molar-refractivity contribution >= 4 is 28.3 Å². The first-order valence-corrected chi connectivity index (χ1v) is 10.4. The van der Waals surface area contributed by atoms with Crippen LogP contribution < -0.4 is 15.0 Å². The van der Waals surface area contributed by atoms with Gasteiger partial charge < -0.3 is 15.0 Å². The Labute approximate surface area is 180 Å². The van der Waals surface area contributed by atoms with Crippen molar-refractivity contribution in [2.75, 3.05) is 50.1 Å². The molecule has 162 valence electrons. The van der Waals surface area contributed by atoms with Gasteiger partial charge in [0.05, 0.1) is 19.2 Å². The number of fused-ring (bicyclic) bond motifs is 1. The number of piperazine rings is 1. The van der Waals surface area contributed by atoms with Crippen molar-refractivity contribution in [2.45, 2.75) is 13.3 Å². The summed E-state index contributed by atoms with van der Waals surface area (Å²) >= 11 is 0. The number of hydrogen-bond acceptors (Lipinski definition) is 6. The second kappa shape index (κ2) is 9.26. The van der Waals surface area contributed by atoms with Crippen LogP contribution in [0.15, 0.2) is 42.7 Å². The molecule has 2 aromatic carbocycles. The summed E-state index contributed by atoms with van der Waals surface area (Å²) in [6, 6.07) is 10.9. The lowest BCUT2D eigenvalue weighted by molar-refractivity contribution is -0.117. The van der Waals surface area contributed by atoms with Crippen LogP contribution in [0.25, 0.3) is 10.9 Å². The number of halogens is 1. The zero-order chi connectivity index (χ0) is 21.8. The van der Waals surface area contributed by atoms with Crippen LogP contribution in [0.3, 0.4) is 0 Å². The molecule has 0 radical (unpaired) electrons. The predicted molar refractivity (Wildman–Crippen MR) is 119 cm³/mol. The summed E-state index contributed by atoms with van der Waals surface area (Å²) in [4.78, 5) is 25.4. The maximum atomic E-state index is 14.0. The van der Waals surface area contributed by atoms with Crippen LogP contribution >= 0.6 is 0 Å². The summed E-state index contributed by atoms with van der Waals surface area (Å²) in [5.41, 5.74) is 2.55. The van der Waals surface area contributed by atoms with Crippen LogP contribution in [-0.2, 0) is 11.2 Å². The number of nitrogens with zero attached hydrogens (tertiary/aromatic N) is 4. The Hall–Kier alpha value is -3.26. The lowest BCUT2D eigenvalue weighted by Gasteiger charge is -2.35. The summed E-state index contributed by atoms with van der Waals surface area (Å²) in [5, 5.41) is 3.78. The van der Waals surface area contributed by atoms with E-state index in [9.17, 15) is 9.18 Å². The highest BCUT2D eigenvalue weighted by Crippen LogP contribution is 2.29. The maximum Gasteiger partial charge on any atom is 0.238 e. The molecule has 1 aliphatic heterocycles. The van der Waals surface area contributed by atoms with E-state index in [0.29, 0.717) is 25.2 Å². The van der Waals surface area contributed by atoms with Gasteiger partial charge in [-0.25, -0.2) is 14.4 Å². The monoisotopic (exact) mass is 423 g/mol. The number of carbonyl (C=O) groups excluding carboxylic acids is 1. The van der Waals surface area contributed by atoms with Crippen molar-refractivity contribution in [3.05, 3.63) is 54.1 Å². The van der Waals surface area contributed by atoms with E-state index in [1.165, 1.54) is 19.5 Å². The van der Waals surface area contributed by atoms with Crippen LogP contribution in [0.5, 0.6) is 5.75 Å². The van der Waals surface area contributed by atoms with Crippen LogP contribution in [0.4, 0.5) is 15.9 Å². The van der Waals surface area contributed by atoms with Crippen molar-refractivity contribution in [1.29, 1.82) is 0 Å². The van der Waals surface area contributed by atoms with Crippen molar-refractivity contribution in [3.8, 4) is 5.75 Å². The molecule has 0 unspecified atom stereocenters. The largest absolute Gasteiger partial charge is 0.494 e. The summed E-state index contributed by atoms with van der Waals surface area (Å²) in [6.45, 7) is 5.30. The van der Waals surface area contributed by atoms with Gasteiger partial charge in [-0.1, -0.05) is 25.1 Å². The fourth-order valence-corrected chi connectivity index (χ4v) is 3.91. The van der Waals surface area contributed by atoms with Gasteiger partial charge in [-0.15, -0.1) is 0 Å². The van der Waals surface area contributed by atoms with E-state index in [2.05, 4.69) is 32.0 Å². The second-order valence-corrected chi connectivity index (χ2v) is 7.52. The fourth-order valence-electron chi connectivity index (χ4n) is 3.91. The smallest absolute Gasteiger partial charge is 0.238 e. The molecule has 8 heteroatoms. The SMILES string of the molecule is CCc1ccccc1NC(=O)CN1CCN(c2ncnc3cc(F)c(OC)cc23)CC1. The molecule has 1 N–H and O–H groups in total. The molecule has 0 spiro atoms. The predicted octanol–water partition coefficient (Wildman–Crippen LogP) is 3.10. The molecule has 0 bridgehead atoms. The molecule has 0 atom stereocenters. The molecule has 1 aromatic heterocycles. The minimum Gasteiger partial charge on any atom is -0.494 e. The Morgan fingerprint density at radius 2 is 1.94 bits per heavy atom. The number of nitrogens with one attached hydrogen (secondary N) is 1. The first kappa shape index (κ1) is 21.0. The number of rotatable bonds is 6. The Balaban J connectivity index is 1.40. The second-order valence-electron chi connectivity index (χ2n) is 7.52. The van der Waals surface area contributed by atoms with Gasteiger partial charge in [-0.2, -0.15) is 0 Å². The van der Waals surface area contributed by atoms with Gasteiger partial charge in [0.1, 0.15) is 12.1 Å². The highest BCUT2D eigenvalue weighted by molar-refractivity contribution is 5.93. The Morgan fingerprint density at radius 3 is 2.68 bits per heavy atom. The van der Waals surface area contributed by atoms with Crippen LogP contribution in [0, 0.1) is 5.82 Å². The number of ether oxygens (including phenoxy) is 1. The number of hydrogen-bond donors (Lipinski definition) is 1. The molecule has 4 rings (SSSR count). The molecule has 1 amide bonds. The number of para-hydroxylation sites is 1. The number of carbonyl (C=O) groups is 1. The van der Waals surface area contributed by atoms with E-state index in [4.69, 9.17) is 4.74 Å². The molecule has 0 saturated carbocycles. The van der Waals surface area contributed by atoms with Crippen molar-refractivity contribution in [2.24, 2.45) is 0 Å². The van der Waals surface area contributed by atoms with Crippen molar-refractivity contribution < 1.29 is 13.9 Å². The number of anilines is 2. The minimum absolute atomic E-state index is 0.0120. The summed E-state index contributed by atoms with van der Waals surface area (Å²) in [7, 11) is 1.44. The number of amides is 1. The number of aryl methyl sites for hydroxylation is 1. The highest BCUT2D eigenvalue weighted by Gasteiger charge is 2.22. The number of aromatic nitrogens is 2. The van der Waals surface area contributed by atoms with Crippen LogP contribution in [0.1, 0.15) is 12.5 Å². The van der Waals surface area contributed by atoms with E-state index < -0.39 is 5.82 Å². The summed E-state index contributed by atoms with van der Waals surface area (Å²) in [6.07, 6.45) is 2.32. The van der Waals surface area contributed by atoms with Gasteiger partial charge >= 0.3 is 0 Å². The first-order chi connectivity index (χ1) is 15.1. The normalized spacial score (nSPS) is 14.6. The molecular weight excluding hydrogens is 397 g/mol. The maximum absolute atomic E-state index is 14.0. The third-order valence-corrected chi connectivity index (χ3v) is 5.60. The van der Waals surface area contributed by atoms with E-state index >= 15 is 0 Å². The van der Waals surface area contributed by atoms with Gasteiger partial charge in [0.25, 0.3) is 0 Å². The van der Waals surface area contributed by atoms with Crippen LogP contribution in [-0.4, -0.2) is 60.6 Å². The average molecular weight is 423 g/mol. The highest BCUT2D eigenvalue weighted by atomic mass is 19.1. The van der Waals surface area contributed by atoms with E-state index in [1.807, 2.05) is 24.3 Å². The molecule has 2 heterocycles. The minimum atomic E-state index is -0.444. The zero-order valence-corrected chi connectivity index (χ0v) is 17.8. The molecule has 31 heavy (non-hydrogen) atoms. The van der Waals surface area contributed by atoms with Gasteiger partial charge in [0.15, 0.2) is 11.6 Å². The topological polar surface area (TPSA) is 70.6 Å². The quantitative estimate of drug-likeness (QED) is 0.657. The molecule has 1 saturated heterocycles. The van der Waals surface area contributed by atoms with Crippen LogP contribution in [0.2, 0.25) is 0 Å². The van der Waals surface area contributed by atoms with E-state index in [1.54, 1.807) is 6.07 Å². The fraction of sp³-hybridized carbons (Fsp3) is 0.348. The van der Waals surface area contributed by atoms with E-state index in [-0.39, 0.29) is 11.7 Å². The molecule has 3 aromatic rings. The lowest BCUT2D eigenvalue weighted by Crippen LogP contribution is -2.49. The summed E-state index contributed by atoms with van der Waals surface area (Å²) in [5.74, 6) is 0.470. The van der Waals surface area contributed by atoms with Gasteiger partial charge in [-0.3, -0.25) is 9.69 Å². The standard InChI is InChI=1S/C23H26FN5O2/c1-3-16-6-4-5-7-19(16)27-22(30)14-28-8-10-29(11-9-28)23-17-12-21(31-2)18(24)13-20(17)25-15-26-23/h4-7,12-13,15H,3,8-11,14H2,1-2H3,(H,27,30). The third-order valence-electron chi connectivity index (χ3n) is 5.60. The Morgan fingerprint density at radius 1 is 1.16 bits per heavy atom. The van der Waals surface area contributed by atoms with Crippen molar-refractivity contribution in [3.63, 3.8) is 0 Å². The third kappa shape index (κ3) is 4.59. The Kier molecular flexibility index (Phi) is 6.27. The molecule has 7 nitrogen and oxygen atoms in total. The lowest BCUT2D eigenvalue weighted by atomic mass is 10.1. The van der Waals surface area contributed by atoms with E-state index in [0.717, 1.165) is 42.0 Å². The zero-order valence-electron chi connectivity index (χ0n) is 17.8. The van der Waals surface area contributed by atoms with Gasteiger partial charge in [0.2, 0.25) is 5.91 Å². The van der Waals surface area contributed by atoms with Gasteiger partial charge in [0, 0.05) is 43.3 Å². The molecule has 1 aliphatic rings. The first-order valence-electron chi connectivity index (χ1n) is 10.4. The molecule has 1 fully saturated rings. The molecule has 0 aliphatic carbocycles.